The third kappa shape index (κ3) is 3.21. The molecule has 1 aromatic carbocycles. The van der Waals surface area contributed by atoms with E-state index >= 15 is 0 Å². The van der Waals surface area contributed by atoms with E-state index in [9.17, 15) is 10.1 Å². The van der Waals surface area contributed by atoms with Gasteiger partial charge in [0.05, 0.1) is 0 Å². The molecular formula is C17H17N3O. The minimum absolute atomic E-state index is 0.0812. The Morgan fingerprint density at radius 1 is 1.29 bits per heavy atom. The highest BCUT2D eigenvalue weighted by Gasteiger charge is 2.12. The zero-order valence-electron chi connectivity index (χ0n) is 12.3. The fourth-order valence-corrected chi connectivity index (χ4v) is 2.00. The maximum absolute atomic E-state index is 12.2. The summed E-state index contributed by atoms with van der Waals surface area (Å²) in [6.07, 6.45) is 3.45. The van der Waals surface area contributed by atoms with Gasteiger partial charge < -0.3 is 9.88 Å². The number of rotatable bonds is 3. The van der Waals surface area contributed by atoms with Crippen LogP contribution < -0.4 is 5.32 Å². The lowest BCUT2D eigenvalue weighted by molar-refractivity contribution is -0.112. The fourth-order valence-electron chi connectivity index (χ4n) is 2.00. The van der Waals surface area contributed by atoms with Gasteiger partial charge in [-0.3, -0.25) is 4.79 Å². The molecule has 2 rings (SSSR count). The monoisotopic (exact) mass is 279 g/mol. The summed E-state index contributed by atoms with van der Waals surface area (Å²) < 4.78 is 1.85. The second kappa shape index (κ2) is 6.10. The quantitative estimate of drug-likeness (QED) is 0.693. The molecule has 1 amide bonds. The van der Waals surface area contributed by atoms with Crippen molar-refractivity contribution in [3.05, 3.63) is 58.9 Å². The van der Waals surface area contributed by atoms with Crippen molar-refractivity contribution in [1.82, 2.24) is 4.57 Å². The largest absolute Gasteiger partial charge is 0.351 e. The average molecular weight is 279 g/mol. The molecule has 21 heavy (non-hydrogen) atoms. The first kappa shape index (κ1) is 14.6. The lowest BCUT2D eigenvalue weighted by atomic mass is 10.1. The molecule has 0 atom stereocenters. The highest BCUT2D eigenvalue weighted by molar-refractivity contribution is 6.09. The van der Waals surface area contributed by atoms with Crippen LogP contribution in [-0.2, 0) is 11.8 Å². The molecule has 0 aliphatic rings. The van der Waals surface area contributed by atoms with E-state index in [1.165, 1.54) is 0 Å². The molecule has 1 aromatic heterocycles. The Morgan fingerprint density at radius 3 is 2.67 bits per heavy atom. The van der Waals surface area contributed by atoms with Crippen molar-refractivity contribution in [2.75, 3.05) is 5.32 Å². The third-order valence-electron chi connectivity index (χ3n) is 3.49. The van der Waals surface area contributed by atoms with Gasteiger partial charge >= 0.3 is 0 Å². The average Bonchev–Trinajstić information content (AvgIpc) is 2.86. The topological polar surface area (TPSA) is 57.8 Å². The second-order valence-corrected chi connectivity index (χ2v) is 4.92. The summed E-state index contributed by atoms with van der Waals surface area (Å²) in [5.74, 6) is -0.396. The molecule has 106 valence electrons. The normalized spacial score (nSPS) is 11.0. The van der Waals surface area contributed by atoms with Gasteiger partial charge in [0.25, 0.3) is 5.91 Å². The predicted octanol–water partition coefficient (Wildman–Crippen LogP) is 3.19. The van der Waals surface area contributed by atoms with Gasteiger partial charge in [-0.25, -0.2) is 0 Å². The van der Waals surface area contributed by atoms with Crippen molar-refractivity contribution < 1.29 is 4.79 Å². The van der Waals surface area contributed by atoms with Crippen molar-refractivity contribution in [2.24, 2.45) is 7.05 Å². The van der Waals surface area contributed by atoms with Gasteiger partial charge in [0.1, 0.15) is 11.6 Å². The van der Waals surface area contributed by atoms with Crippen LogP contribution in [0.15, 0.2) is 42.1 Å². The van der Waals surface area contributed by atoms with Gasteiger partial charge in [-0.2, -0.15) is 5.26 Å². The molecular weight excluding hydrogens is 262 g/mol. The smallest absolute Gasteiger partial charge is 0.266 e. The van der Waals surface area contributed by atoms with Gasteiger partial charge in [0.15, 0.2) is 0 Å². The Hall–Kier alpha value is -2.80. The lowest BCUT2D eigenvalue weighted by Gasteiger charge is -2.09. The number of anilines is 1. The fraction of sp³-hybridized carbons (Fsp3) is 0.176. The molecule has 1 heterocycles. The van der Waals surface area contributed by atoms with E-state index in [1.54, 1.807) is 6.08 Å². The molecule has 0 aliphatic heterocycles. The molecule has 0 saturated heterocycles. The standard InChI is InChI=1S/C17H17N3O/c1-12-6-4-8-16(13(12)2)19-17(21)14(11-18)10-15-7-5-9-20(15)3/h4-10H,1-3H3,(H,19,21)/b14-10-. The molecule has 0 unspecified atom stereocenters. The van der Waals surface area contributed by atoms with E-state index in [0.717, 1.165) is 22.5 Å². The maximum atomic E-state index is 12.2. The van der Waals surface area contributed by atoms with Crippen LogP contribution in [0.1, 0.15) is 16.8 Å². The Morgan fingerprint density at radius 2 is 2.05 bits per heavy atom. The molecule has 0 radical (unpaired) electrons. The number of aryl methyl sites for hydroxylation is 2. The van der Waals surface area contributed by atoms with Crippen molar-refractivity contribution in [3.63, 3.8) is 0 Å². The van der Waals surface area contributed by atoms with E-state index < -0.39 is 5.91 Å². The molecule has 0 bridgehead atoms. The minimum Gasteiger partial charge on any atom is -0.351 e. The number of carbonyl (C=O) groups is 1. The third-order valence-corrected chi connectivity index (χ3v) is 3.49. The molecule has 0 fully saturated rings. The summed E-state index contributed by atoms with van der Waals surface area (Å²) in [4.78, 5) is 12.2. The maximum Gasteiger partial charge on any atom is 0.266 e. The first-order valence-electron chi connectivity index (χ1n) is 6.63. The number of nitrogens with zero attached hydrogens (tertiary/aromatic N) is 2. The van der Waals surface area contributed by atoms with Crippen LogP contribution in [0.25, 0.3) is 6.08 Å². The Kier molecular flexibility index (Phi) is 4.24. The van der Waals surface area contributed by atoms with Crippen LogP contribution in [0.3, 0.4) is 0 Å². The number of nitrogens with one attached hydrogen (secondary N) is 1. The predicted molar refractivity (Wildman–Crippen MR) is 83.5 cm³/mol. The van der Waals surface area contributed by atoms with Crippen molar-refractivity contribution in [2.45, 2.75) is 13.8 Å². The summed E-state index contributed by atoms with van der Waals surface area (Å²) in [7, 11) is 1.86. The van der Waals surface area contributed by atoms with Gasteiger partial charge in [-0.1, -0.05) is 12.1 Å². The van der Waals surface area contributed by atoms with Crippen LogP contribution >= 0.6 is 0 Å². The highest BCUT2D eigenvalue weighted by atomic mass is 16.1. The number of hydrogen-bond donors (Lipinski definition) is 1. The molecule has 0 spiro atoms. The van der Waals surface area contributed by atoms with E-state index in [1.807, 2.05) is 68.1 Å². The Balaban J connectivity index is 2.26. The second-order valence-electron chi connectivity index (χ2n) is 4.92. The van der Waals surface area contributed by atoms with E-state index in [4.69, 9.17) is 0 Å². The molecule has 0 saturated carbocycles. The van der Waals surface area contributed by atoms with Gasteiger partial charge in [-0.15, -0.1) is 0 Å². The SMILES string of the molecule is Cc1cccc(NC(=O)/C(C#N)=C\c2cccn2C)c1C. The molecule has 4 nitrogen and oxygen atoms in total. The lowest BCUT2D eigenvalue weighted by Crippen LogP contribution is -2.14. The Labute approximate surface area is 124 Å². The van der Waals surface area contributed by atoms with Crippen LogP contribution in [-0.4, -0.2) is 10.5 Å². The minimum atomic E-state index is -0.396. The van der Waals surface area contributed by atoms with Crippen LogP contribution in [0.5, 0.6) is 0 Å². The van der Waals surface area contributed by atoms with E-state index in [-0.39, 0.29) is 5.57 Å². The summed E-state index contributed by atoms with van der Waals surface area (Å²) >= 11 is 0. The van der Waals surface area contributed by atoms with Crippen molar-refractivity contribution in [1.29, 1.82) is 5.26 Å². The van der Waals surface area contributed by atoms with Gasteiger partial charge in [0, 0.05) is 24.6 Å². The van der Waals surface area contributed by atoms with Crippen molar-refractivity contribution in [3.8, 4) is 6.07 Å². The Bertz CT molecular complexity index is 748. The van der Waals surface area contributed by atoms with Crippen LogP contribution in [0.4, 0.5) is 5.69 Å². The number of aromatic nitrogens is 1. The summed E-state index contributed by atoms with van der Waals surface area (Å²) in [6.45, 7) is 3.92. The summed E-state index contributed by atoms with van der Waals surface area (Å²) in [5.41, 5.74) is 3.72. The number of amides is 1. The number of nitriles is 1. The van der Waals surface area contributed by atoms with Crippen LogP contribution in [0, 0.1) is 25.2 Å². The zero-order valence-corrected chi connectivity index (χ0v) is 12.3. The number of hydrogen-bond acceptors (Lipinski definition) is 2. The molecule has 0 aliphatic carbocycles. The summed E-state index contributed by atoms with van der Waals surface area (Å²) in [5, 5.41) is 12.0. The highest BCUT2D eigenvalue weighted by Crippen LogP contribution is 2.19. The van der Waals surface area contributed by atoms with E-state index in [2.05, 4.69) is 5.32 Å². The zero-order chi connectivity index (χ0) is 15.4. The molecule has 4 heteroatoms. The van der Waals surface area contributed by atoms with Gasteiger partial charge in [0.2, 0.25) is 0 Å². The molecule has 1 N–H and O–H groups in total. The van der Waals surface area contributed by atoms with Gasteiger partial charge in [-0.05, 0) is 49.2 Å². The van der Waals surface area contributed by atoms with Crippen LogP contribution in [0.2, 0.25) is 0 Å². The number of carbonyl (C=O) groups excluding carboxylic acids is 1. The number of benzene rings is 1. The first-order chi connectivity index (χ1) is 10.0. The van der Waals surface area contributed by atoms with Crippen molar-refractivity contribution >= 4 is 17.7 Å². The first-order valence-corrected chi connectivity index (χ1v) is 6.63. The summed E-state index contributed by atoms with van der Waals surface area (Å²) in [6, 6.07) is 11.4. The van der Waals surface area contributed by atoms with E-state index in [0.29, 0.717) is 0 Å². The molecule has 2 aromatic rings.